The van der Waals surface area contributed by atoms with E-state index in [-0.39, 0.29) is 5.02 Å². The molecule has 1 aromatic carbocycles. The van der Waals surface area contributed by atoms with E-state index in [0.717, 1.165) is 24.8 Å². The molecule has 2 rings (SSSR count). The second kappa shape index (κ2) is 7.08. The van der Waals surface area contributed by atoms with E-state index in [4.69, 9.17) is 16.3 Å². The van der Waals surface area contributed by atoms with Gasteiger partial charge in [-0.15, -0.1) is 0 Å². The van der Waals surface area contributed by atoms with Gasteiger partial charge in [-0.25, -0.2) is 4.39 Å². The molecule has 1 N–H and O–H groups in total. The molecule has 118 valence electrons. The first-order valence-corrected chi connectivity index (χ1v) is 8.10. The van der Waals surface area contributed by atoms with Gasteiger partial charge in [-0.05, 0) is 43.4 Å². The van der Waals surface area contributed by atoms with Gasteiger partial charge in [0, 0.05) is 13.0 Å². The van der Waals surface area contributed by atoms with Gasteiger partial charge in [-0.3, -0.25) is 0 Å². The molecule has 4 heteroatoms. The van der Waals surface area contributed by atoms with Crippen LogP contribution in [0.1, 0.15) is 45.1 Å². The van der Waals surface area contributed by atoms with E-state index >= 15 is 0 Å². The van der Waals surface area contributed by atoms with E-state index in [2.05, 4.69) is 6.92 Å². The first-order chi connectivity index (χ1) is 9.97. The van der Waals surface area contributed by atoms with Gasteiger partial charge in [0.1, 0.15) is 5.82 Å². The van der Waals surface area contributed by atoms with Crippen molar-refractivity contribution in [1.29, 1.82) is 0 Å². The van der Waals surface area contributed by atoms with Crippen LogP contribution in [0.2, 0.25) is 5.02 Å². The van der Waals surface area contributed by atoms with Crippen LogP contribution in [0.15, 0.2) is 18.2 Å². The second-order valence-corrected chi connectivity index (χ2v) is 6.57. The summed E-state index contributed by atoms with van der Waals surface area (Å²) in [7, 11) is 0. The van der Waals surface area contributed by atoms with Crippen LogP contribution in [0, 0.1) is 11.7 Å². The van der Waals surface area contributed by atoms with E-state index in [9.17, 15) is 9.50 Å². The third kappa shape index (κ3) is 3.97. The van der Waals surface area contributed by atoms with Crippen LogP contribution in [0.3, 0.4) is 0 Å². The van der Waals surface area contributed by atoms with Crippen molar-refractivity contribution in [1.82, 2.24) is 0 Å². The summed E-state index contributed by atoms with van der Waals surface area (Å²) in [4.78, 5) is 0. The molecule has 0 radical (unpaired) electrons. The Labute approximate surface area is 131 Å². The third-order valence-corrected chi connectivity index (χ3v) is 4.75. The Morgan fingerprint density at radius 1 is 1.52 bits per heavy atom. The van der Waals surface area contributed by atoms with Crippen molar-refractivity contribution in [2.45, 2.75) is 57.7 Å². The highest BCUT2D eigenvalue weighted by Crippen LogP contribution is 2.38. The zero-order valence-corrected chi connectivity index (χ0v) is 13.5. The summed E-state index contributed by atoms with van der Waals surface area (Å²) in [6.07, 6.45) is 3.73. The molecule has 0 amide bonds. The lowest BCUT2D eigenvalue weighted by Crippen LogP contribution is -2.49. The highest BCUT2D eigenvalue weighted by Gasteiger charge is 2.41. The minimum absolute atomic E-state index is 0.110. The molecule has 0 saturated heterocycles. The smallest absolute Gasteiger partial charge is 0.142 e. The zero-order valence-electron chi connectivity index (χ0n) is 12.7. The van der Waals surface area contributed by atoms with E-state index in [0.29, 0.717) is 18.9 Å². The summed E-state index contributed by atoms with van der Waals surface area (Å²) < 4.78 is 19.5. The number of rotatable bonds is 5. The van der Waals surface area contributed by atoms with Crippen LogP contribution in [-0.2, 0) is 11.2 Å². The van der Waals surface area contributed by atoms with Gasteiger partial charge in [0.15, 0.2) is 0 Å². The fourth-order valence-electron chi connectivity index (χ4n) is 3.44. The molecular formula is C17H24ClFO2. The lowest BCUT2D eigenvalue weighted by Gasteiger charge is -2.43. The van der Waals surface area contributed by atoms with Gasteiger partial charge in [0.2, 0.25) is 0 Å². The first kappa shape index (κ1) is 16.7. The second-order valence-electron chi connectivity index (χ2n) is 6.17. The third-order valence-electron chi connectivity index (χ3n) is 4.44. The highest BCUT2D eigenvalue weighted by atomic mass is 35.5. The quantitative estimate of drug-likeness (QED) is 0.874. The van der Waals surface area contributed by atoms with Crippen LogP contribution >= 0.6 is 11.6 Å². The van der Waals surface area contributed by atoms with Crippen LogP contribution in [0.25, 0.3) is 0 Å². The lowest BCUT2D eigenvalue weighted by molar-refractivity contribution is -0.147. The van der Waals surface area contributed by atoms with Crippen molar-refractivity contribution in [2.24, 2.45) is 5.92 Å². The molecular weight excluding hydrogens is 291 g/mol. The number of ether oxygens (including phenoxy) is 1. The molecule has 1 fully saturated rings. The molecule has 0 heterocycles. The lowest BCUT2D eigenvalue weighted by atomic mass is 9.74. The summed E-state index contributed by atoms with van der Waals surface area (Å²) in [6, 6.07) is 4.70. The maximum atomic E-state index is 13.5. The number of hydrogen-bond donors (Lipinski definition) is 1. The van der Waals surface area contributed by atoms with Crippen molar-refractivity contribution in [2.75, 3.05) is 6.61 Å². The standard InChI is InChI=1S/C17H24ClFO2/c1-3-21-17(8-4-5-12(2)11-17)16(20)10-13-6-7-14(18)15(19)9-13/h6-7,9,12,16,20H,3-5,8,10-11H2,1-2H3. The molecule has 0 aromatic heterocycles. The molecule has 0 spiro atoms. The minimum atomic E-state index is -0.624. The number of benzene rings is 1. The predicted molar refractivity (Wildman–Crippen MR) is 83.1 cm³/mol. The monoisotopic (exact) mass is 314 g/mol. The van der Waals surface area contributed by atoms with Crippen molar-refractivity contribution >= 4 is 11.6 Å². The Morgan fingerprint density at radius 3 is 2.90 bits per heavy atom. The SMILES string of the molecule is CCOC1(C(O)Cc2ccc(Cl)c(F)c2)CCCC(C)C1. The van der Waals surface area contributed by atoms with E-state index in [1.54, 1.807) is 6.07 Å². The topological polar surface area (TPSA) is 29.5 Å². The van der Waals surface area contributed by atoms with E-state index in [1.165, 1.54) is 18.6 Å². The molecule has 1 saturated carbocycles. The average molecular weight is 315 g/mol. The Balaban J connectivity index is 2.14. The molecule has 2 nitrogen and oxygen atoms in total. The summed E-state index contributed by atoms with van der Waals surface area (Å²) in [5, 5.41) is 10.8. The molecule has 3 atom stereocenters. The van der Waals surface area contributed by atoms with Gasteiger partial charge in [-0.1, -0.05) is 37.4 Å². The Hall–Kier alpha value is -0.640. The summed E-state index contributed by atoms with van der Waals surface area (Å²) >= 11 is 5.70. The van der Waals surface area contributed by atoms with Gasteiger partial charge < -0.3 is 9.84 Å². The summed E-state index contributed by atoms with van der Waals surface area (Å²) in [6.45, 7) is 4.73. The van der Waals surface area contributed by atoms with Crippen LogP contribution in [-0.4, -0.2) is 23.4 Å². The molecule has 1 aliphatic carbocycles. The normalized spacial score (nSPS) is 27.6. The maximum absolute atomic E-state index is 13.5. The molecule has 0 bridgehead atoms. The van der Waals surface area contributed by atoms with Gasteiger partial charge >= 0.3 is 0 Å². The van der Waals surface area contributed by atoms with E-state index < -0.39 is 17.5 Å². The minimum Gasteiger partial charge on any atom is -0.390 e. The fourth-order valence-corrected chi connectivity index (χ4v) is 3.55. The molecule has 3 unspecified atom stereocenters. The largest absolute Gasteiger partial charge is 0.390 e. The Kier molecular flexibility index (Phi) is 5.64. The fraction of sp³-hybridized carbons (Fsp3) is 0.647. The van der Waals surface area contributed by atoms with Crippen molar-refractivity contribution in [3.63, 3.8) is 0 Å². The first-order valence-electron chi connectivity index (χ1n) is 7.73. The summed E-state index contributed by atoms with van der Waals surface area (Å²) in [5.41, 5.74) is 0.254. The molecule has 1 aliphatic rings. The van der Waals surface area contributed by atoms with Crippen LogP contribution in [0.5, 0.6) is 0 Å². The predicted octanol–water partition coefficient (Wildman–Crippen LogP) is 4.37. The molecule has 1 aromatic rings. The van der Waals surface area contributed by atoms with Crippen molar-refractivity contribution in [3.05, 3.63) is 34.6 Å². The maximum Gasteiger partial charge on any atom is 0.142 e. The van der Waals surface area contributed by atoms with Crippen molar-refractivity contribution < 1.29 is 14.2 Å². The van der Waals surface area contributed by atoms with Gasteiger partial charge in [0.05, 0.1) is 16.7 Å². The Morgan fingerprint density at radius 2 is 2.29 bits per heavy atom. The number of aliphatic hydroxyl groups is 1. The van der Waals surface area contributed by atoms with Gasteiger partial charge in [0.25, 0.3) is 0 Å². The van der Waals surface area contributed by atoms with Crippen LogP contribution in [0.4, 0.5) is 4.39 Å². The number of halogens is 2. The van der Waals surface area contributed by atoms with Crippen molar-refractivity contribution in [3.8, 4) is 0 Å². The Bertz CT molecular complexity index is 476. The van der Waals surface area contributed by atoms with Gasteiger partial charge in [-0.2, -0.15) is 0 Å². The van der Waals surface area contributed by atoms with Crippen LogP contribution < -0.4 is 0 Å². The van der Waals surface area contributed by atoms with E-state index in [1.807, 2.05) is 6.92 Å². The molecule has 0 aliphatic heterocycles. The number of hydrogen-bond acceptors (Lipinski definition) is 2. The molecule has 21 heavy (non-hydrogen) atoms. The zero-order chi connectivity index (χ0) is 15.5. The summed E-state index contributed by atoms with van der Waals surface area (Å²) in [5.74, 6) is 0.103. The number of aliphatic hydroxyl groups excluding tert-OH is 1. The highest BCUT2D eigenvalue weighted by molar-refractivity contribution is 6.30. The average Bonchev–Trinajstić information content (AvgIpc) is 2.43.